The molecule has 0 spiro atoms. The average Bonchev–Trinajstić information content (AvgIpc) is 2.34. The Morgan fingerprint density at radius 3 is 2.21 bits per heavy atom. The lowest BCUT2D eigenvalue weighted by atomic mass is 10.1. The van der Waals surface area contributed by atoms with Crippen LogP contribution in [-0.4, -0.2) is 20.0 Å². The first kappa shape index (κ1) is 15.9. The Balaban J connectivity index is 2.85. The molecule has 0 radical (unpaired) electrons. The van der Waals surface area contributed by atoms with Crippen LogP contribution in [-0.2, 0) is 9.84 Å². The van der Waals surface area contributed by atoms with E-state index in [4.69, 9.17) is 0 Å². The van der Waals surface area contributed by atoms with Crippen LogP contribution in [0.15, 0.2) is 29.2 Å². The first-order valence-electron chi connectivity index (χ1n) is 6.73. The maximum atomic E-state index is 12.0. The van der Waals surface area contributed by atoms with E-state index < -0.39 is 9.84 Å². The second-order valence-corrected chi connectivity index (χ2v) is 7.26. The Hall–Kier alpha value is -1.16. The quantitative estimate of drug-likeness (QED) is 0.719. The molecule has 19 heavy (non-hydrogen) atoms. The van der Waals surface area contributed by atoms with E-state index in [1.54, 1.807) is 12.1 Å². The number of hydrogen-bond donors (Lipinski definition) is 0. The minimum atomic E-state index is -3.23. The van der Waals surface area contributed by atoms with Crippen LogP contribution in [0.5, 0.6) is 0 Å². The van der Waals surface area contributed by atoms with Crippen molar-refractivity contribution in [1.82, 2.24) is 0 Å². The van der Waals surface area contributed by atoms with Gasteiger partial charge in [0.15, 0.2) is 15.6 Å². The van der Waals surface area contributed by atoms with Crippen LogP contribution < -0.4 is 0 Å². The van der Waals surface area contributed by atoms with Gasteiger partial charge in [0.25, 0.3) is 0 Å². The molecule has 0 bridgehead atoms. The van der Waals surface area contributed by atoms with E-state index in [0.717, 1.165) is 12.8 Å². The van der Waals surface area contributed by atoms with Gasteiger partial charge in [-0.15, -0.1) is 0 Å². The second kappa shape index (κ2) is 6.85. The van der Waals surface area contributed by atoms with Gasteiger partial charge >= 0.3 is 0 Å². The number of rotatable bonds is 7. The van der Waals surface area contributed by atoms with Crippen LogP contribution in [0.2, 0.25) is 0 Å². The van der Waals surface area contributed by atoms with Crippen molar-refractivity contribution in [3.63, 3.8) is 0 Å². The molecule has 0 saturated carbocycles. The molecule has 1 rings (SSSR count). The molecule has 0 unspecified atom stereocenters. The van der Waals surface area contributed by atoms with E-state index in [1.165, 1.54) is 12.1 Å². The molecule has 1 aromatic carbocycles. The zero-order valence-corrected chi connectivity index (χ0v) is 12.7. The van der Waals surface area contributed by atoms with Gasteiger partial charge in [0.2, 0.25) is 0 Å². The fourth-order valence-corrected chi connectivity index (χ4v) is 3.49. The summed E-state index contributed by atoms with van der Waals surface area (Å²) in [4.78, 5) is 12.1. The van der Waals surface area contributed by atoms with E-state index in [2.05, 4.69) is 0 Å². The fourth-order valence-electron chi connectivity index (χ4n) is 1.86. The monoisotopic (exact) mass is 282 g/mol. The van der Waals surface area contributed by atoms with Crippen molar-refractivity contribution in [2.24, 2.45) is 5.92 Å². The summed E-state index contributed by atoms with van der Waals surface area (Å²) in [5.74, 6) is 0.307. The van der Waals surface area contributed by atoms with Crippen molar-refractivity contribution in [3.8, 4) is 0 Å². The molecule has 0 atom stereocenters. The van der Waals surface area contributed by atoms with Gasteiger partial charge in [-0.05, 0) is 24.5 Å². The first-order chi connectivity index (χ1) is 8.86. The molecular weight excluding hydrogens is 260 g/mol. The second-order valence-electron chi connectivity index (χ2n) is 5.23. The summed E-state index contributed by atoms with van der Waals surface area (Å²) in [5.41, 5.74) is 0.594. The Morgan fingerprint density at radius 1 is 1.16 bits per heavy atom. The molecule has 0 aliphatic carbocycles. The predicted octanol–water partition coefficient (Wildman–Crippen LogP) is 3.49. The highest BCUT2D eigenvalue weighted by Crippen LogP contribution is 2.16. The van der Waals surface area contributed by atoms with Crippen molar-refractivity contribution in [3.05, 3.63) is 29.8 Å². The Bertz CT molecular complexity index is 513. The summed E-state index contributed by atoms with van der Waals surface area (Å²) >= 11 is 0. The number of hydrogen-bond acceptors (Lipinski definition) is 3. The number of benzene rings is 1. The number of carbonyl (C=O) groups excluding carboxylic acids is 1. The molecule has 106 valence electrons. The lowest BCUT2D eigenvalue weighted by molar-refractivity contribution is 0.0979. The van der Waals surface area contributed by atoms with E-state index in [0.29, 0.717) is 16.9 Å². The lowest BCUT2D eigenvalue weighted by Gasteiger charge is -2.07. The Labute approximate surface area is 116 Å². The van der Waals surface area contributed by atoms with Crippen molar-refractivity contribution >= 4 is 15.6 Å². The minimum Gasteiger partial charge on any atom is -0.294 e. The van der Waals surface area contributed by atoms with Gasteiger partial charge in [-0.1, -0.05) is 39.3 Å². The Kier molecular flexibility index (Phi) is 5.73. The summed E-state index contributed by atoms with van der Waals surface area (Å²) in [6.07, 6.45) is 2.37. The van der Waals surface area contributed by atoms with Gasteiger partial charge in [0.1, 0.15) is 0 Å². The molecule has 3 nitrogen and oxygen atoms in total. The van der Waals surface area contributed by atoms with Crippen LogP contribution in [0, 0.1) is 5.92 Å². The summed E-state index contributed by atoms with van der Waals surface area (Å²) in [7, 11) is -3.23. The van der Waals surface area contributed by atoms with Gasteiger partial charge in [0, 0.05) is 12.0 Å². The molecule has 1 aromatic rings. The van der Waals surface area contributed by atoms with Crippen molar-refractivity contribution < 1.29 is 13.2 Å². The number of ketones is 1. The topological polar surface area (TPSA) is 51.2 Å². The first-order valence-corrected chi connectivity index (χ1v) is 8.38. The molecule has 0 amide bonds. The third-order valence-electron chi connectivity index (χ3n) is 2.85. The van der Waals surface area contributed by atoms with Crippen molar-refractivity contribution in [1.29, 1.82) is 0 Å². The highest BCUT2D eigenvalue weighted by Gasteiger charge is 2.16. The minimum absolute atomic E-state index is 0.0784. The molecule has 0 fully saturated rings. The highest BCUT2D eigenvalue weighted by atomic mass is 32.2. The fraction of sp³-hybridized carbons (Fsp3) is 0.533. The highest BCUT2D eigenvalue weighted by molar-refractivity contribution is 7.91. The summed E-state index contributed by atoms with van der Waals surface area (Å²) < 4.78 is 24.0. The van der Waals surface area contributed by atoms with Crippen molar-refractivity contribution in [2.45, 2.75) is 44.9 Å². The van der Waals surface area contributed by atoms with E-state index >= 15 is 0 Å². The van der Waals surface area contributed by atoms with Gasteiger partial charge in [-0.2, -0.15) is 0 Å². The zero-order valence-electron chi connectivity index (χ0n) is 11.8. The van der Waals surface area contributed by atoms with Crippen LogP contribution >= 0.6 is 0 Å². The molecule has 0 N–H and O–H groups in total. The molecular formula is C15H22O3S. The SMILES string of the molecule is CCCCC(=O)c1ccc(S(=O)(=O)CC(C)C)cc1. The summed E-state index contributed by atoms with van der Waals surface area (Å²) in [6, 6.07) is 6.31. The third kappa shape index (κ3) is 4.78. The van der Waals surface area contributed by atoms with Gasteiger partial charge in [-0.25, -0.2) is 8.42 Å². The smallest absolute Gasteiger partial charge is 0.178 e. The van der Waals surface area contributed by atoms with E-state index in [1.807, 2.05) is 20.8 Å². The molecule has 0 aliphatic heterocycles. The lowest BCUT2D eigenvalue weighted by Crippen LogP contribution is -2.12. The normalized spacial score (nSPS) is 11.8. The Morgan fingerprint density at radius 2 is 1.74 bits per heavy atom. The van der Waals surface area contributed by atoms with Gasteiger partial charge in [0.05, 0.1) is 10.6 Å². The van der Waals surface area contributed by atoms with Crippen molar-refractivity contribution in [2.75, 3.05) is 5.75 Å². The van der Waals surface area contributed by atoms with E-state index in [9.17, 15) is 13.2 Å². The predicted molar refractivity (Wildman–Crippen MR) is 77.2 cm³/mol. The number of Topliss-reactive ketones (excluding diaryl/α,β-unsaturated/α-hetero) is 1. The van der Waals surface area contributed by atoms with Crippen LogP contribution in [0.25, 0.3) is 0 Å². The molecule has 0 aliphatic rings. The number of unbranched alkanes of at least 4 members (excludes halogenated alkanes) is 1. The average molecular weight is 282 g/mol. The van der Waals surface area contributed by atoms with Gasteiger partial charge in [-0.3, -0.25) is 4.79 Å². The standard InChI is InChI=1S/C15H22O3S/c1-4-5-6-15(16)13-7-9-14(10-8-13)19(17,18)11-12(2)3/h7-10,12H,4-6,11H2,1-3H3. The number of sulfone groups is 1. The maximum Gasteiger partial charge on any atom is 0.178 e. The maximum absolute atomic E-state index is 12.0. The van der Waals surface area contributed by atoms with Gasteiger partial charge < -0.3 is 0 Å². The molecule has 0 aromatic heterocycles. The third-order valence-corrected chi connectivity index (χ3v) is 4.94. The molecule has 0 saturated heterocycles. The van der Waals surface area contributed by atoms with Crippen LogP contribution in [0.4, 0.5) is 0 Å². The summed E-state index contributed by atoms with van der Waals surface area (Å²) in [6.45, 7) is 5.79. The largest absolute Gasteiger partial charge is 0.294 e. The molecule has 0 heterocycles. The zero-order chi connectivity index (χ0) is 14.5. The van der Waals surface area contributed by atoms with Crippen LogP contribution in [0.1, 0.15) is 50.4 Å². The molecule has 4 heteroatoms. The van der Waals surface area contributed by atoms with Crippen LogP contribution in [0.3, 0.4) is 0 Å². The summed E-state index contributed by atoms with van der Waals surface area (Å²) in [5, 5.41) is 0. The van der Waals surface area contributed by atoms with E-state index in [-0.39, 0.29) is 17.5 Å². The number of carbonyl (C=O) groups is 1.